The van der Waals surface area contributed by atoms with Gasteiger partial charge in [-0.15, -0.1) is 0 Å². The van der Waals surface area contributed by atoms with Gasteiger partial charge in [-0.05, 0) is 30.7 Å². The van der Waals surface area contributed by atoms with E-state index in [-0.39, 0.29) is 10.6 Å². The van der Waals surface area contributed by atoms with E-state index in [1.807, 2.05) is 17.8 Å². The van der Waals surface area contributed by atoms with Gasteiger partial charge in [0.05, 0.1) is 4.92 Å². The van der Waals surface area contributed by atoms with Crippen molar-refractivity contribution in [3.63, 3.8) is 0 Å². The van der Waals surface area contributed by atoms with Crippen LogP contribution in [0.5, 0.6) is 0 Å². The fraction of sp³-hybridized carbons (Fsp3) is 0.600. The molecule has 1 saturated carbocycles. The molecule has 0 unspecified atom stereocenters. The molecule has 116 valence electrons. The van der Waals surface area contributed by atoms with Gasteiger partial charge in [0.25, 0.3) is 5.69 Å². The van der Waals surface area contributed by atoms with Crippen LogP contribution in [0, 0.1) is 10.1 Å². The lowest BCUT2D eigenvalue weighted by Gasteiger charge is -2.36. The van der Waals surface area contributed by atoms with E-state index in [9.17, 15) is 10.1 Å². The Bertz CT molecular complexity index is 504. The Kier molecular flexibility index (Phi) is 6.08. The summed E-state index contributed by atoms with van der Waals surface area (Å²) in [6.45, 7) is 1.73. The molecule has 0 spiro atoms. The lowest BCUT2D eigenvalue weighted by Crippen LogP contribution is -2.39. The second-order valence-electron chi connectivity index (χ2n) is 5.58. The number of hydrogen-bond donors (Lipinski definition) is 1. The number of benzene rings is 1. The number of rotatable bonds is 6. The summed E-state index contributed by atoms with van der Waals surface area (Å²) in [5.74, 6) is 0. The molecule has 6 heteroatoms. The van der Waals surface area contributed by atoms with Crippen molar-refractivity contribution in [1.29, 1.82) is 0 Å². The predicted octanol–water partition coefficient (Wildman–Crippen LogP) is 4.51. The molecule has 4 nitrogen and oxygen atoms in total. The van der Waals surface area contributed by atoms with Crippen molar-refractivity contribution < 1.29 is 4.92 Å². The Balaban J connectivity index is 1.92. The minimum atomic E-state index is -0.368. The molecular formula is C15H21BrN2O2S. The molecule has 2 rings (SSSR count). The maximum absolute atomic E-state index is 10.7. The maximum Gasteiger partial charge on any atom is 0.270 e. The second kappa shape index (κ2) is 7.61. The summed E-state index contributed by atoms with van der Waals surface area (Å²) >= 11 is 5.40. The smallest absolute Gasteiger partial charge is 0.270 e. The third-order valence-corrected chi connectivity index (χ3v) is 6.36. The van der Waals surface area contributed by atoms with Crippen LogP contribution in [-0.4, -0.2) is 22.5 Å². The third-order valence-electron chi connectivity index (χ3n) is 4.21. The van der Waals surface area contributed by atoms with Crippen molar-refractivity contribution in [1.82, 2.24) is 5.32 Å². The molecule has 0 aliphatic heterocycles. The first kappa shape index (κ1) is 16.8. The first-order chi connectivity index (χ1) is 10.1. The minimum absolute atomic E-state index is 0.124. The van der Waals surface area contributed by atoms with Crippen LogP contribution in [0.15, 0.2) is 22.7 Å². The standard InChI is InChI=1S/C15H21BrN2O2S/c1-21-15(7-3-2-4-8-15)11-17-10-12-5-6-13(18(19)20)9-14(12)16/h5-6,9,17H,2-4,7-8,10-11H2,1H3. The summed E-state index contributed by atoms with van der Waals surface area (Å²) < 4.78 is 1.16. The molecule has 0 saturated heterocycles. The Morgan fingerprint density at radius 2 is 2.10 bits per heavy atom. The number of nitro benzene ring substituents is 1. The van der Waals surface area contributed by atoms with Gasteiger partial charge in [-0.1, -0.05) is 35.2 Å². The maximum atomic E-state index is 10.7. The van der Waals surface area contributed by atoms with Crippen LogP contribution in [0.2, 0.25) is 0 Å². The van der Waals surface area contributed by atoms with Gasteiger partial charge in [0.2, 0.25) is 0 Å². The molecule has 1 aromatic rings. The normalized spacial score (nSPS) is 17.6. The van der Waals surface area contributed by atoms with E-state index < -0.39 is 0 Å². The molecule has 1 N–H and O–H groups in total. The van der Waals surface area contributed by atoms with Crippen LogP contribution in [0.4, 0.5) is 5.69 Å². The number of nitrogens with one attached hydrogen (secondary N) is 1. The van der Waals surface area contributed by atoms with Crippen molar-refractivity contribution in [2.45, 2.75) is 43.4 Å². The van der Waals surface area contributed by atoms with Gasteiger partial charge in [-0.2, -0.15) is 11.8 Å². The zero-order chi connectivity index (χ0) is 15.3. The summed E-state index contributed by atoms with van der Waals surface area (Å²) in [5.41, 5.74) is 1.19. The van der Waals surface area contributed by atoms with E-state index in [1.165, 1.54) is 32.1 Å². The first-order valence-corrected chi connectivity index (χ1v) is 9.27. The van der Waals surface area contributed by atoms with Gasteiger partial charge in [-0.25, -0.2) is 0 Å². The Morgan fingerprint density at radius 3 is 2.67 bits per heavy atom. The lowest BCUT2D eigenvalue weighted by molar-refractivity contribution is -0.384. The van der Waals surface area contributed by atoms with Crippen LogP contribution in [0.1, 0.15) is 37.7 Å². The number of non-ortho nitro benzene ring substituents is 1. The molecule has 0 amide bonds. The molecule has 21 heavy (non-hydrogen) atoms. The first-order valence-electron chi connectivity index (χ1n) is 7.25. The fourth-order valence-corrected chi connectivity index (χ4v) is 4.32. The second-order valence-corrected chi connectivity index (χ2v) is 7.71. The van der Waals surface area contributed by atoms with Crippen molar-refractivity contribution in [3.05, 3.63) is 38.3 Å². The highest BCUT2D eigenvalue weighted by Crippen LogP contribution is 2.38. The Labute approximate surface area is 138 Å². The third kappa shape index (κ3) is 4.44. The Hall–Kier alpha value is -0.590. The van der Waals surface area contributed by atoms with Gasteiger partial charge in [0.15, 0.2) is 0 Å². The molecule has 0 radical (unpaired) electrons. The zero-order valence-corrected chi connectivity index (χ0v) is 14.6. The van der Waals surface area contributed by atoms with Crippen LogP contribution in [0.3, 0.4) is 0 Å². The number of nitro groups is 1. The summed E-state index contributed by atoms with van der Waals surface area (Å²) in [4.78, 5) is 10.4. The highest BCUT2D eigenvalue weighted by molar-refractivity contribution is 9.10. The molecule has 0 atom stereocenters. The van der Waals surface area contributed by atoms with Crippen molar-refractivity contribution in [3.8, 4) is 0 Å². The summed E-state index contributed by atoms with van der Waals surface area (Å²) in [6, 6.07) is 4.95. The van der Waals surface area contributed by atoms with Crippen LogP contribution in [-0.2, 0) is 6.54 Å². The topological polar surface area (TPSA) is 55.2 Å². The van der Waals surface area contributed by atoms with Gasteiger partial charge < -0.3 is 5.32 Å². The SMILES string of the molecule is CSC1(CNCc2ccc([N+](=O)[O-])cc2Br)CCCCC1. The fourth-order valence-electron chi connectivity index (χ4n) is 2.87. The van der Waals surface area contributed by atoms with E-state index >= 15 is 0 Å². The summed E-state index contributed by atoms with van der Waals surface area (Å²) in [6.07, 6.45) is 8.77. The van der Waals surface area contributed by atoms with Crippen LogP contribution in [0.25, 0.3) is 0 Å². The highest BCUT2D eigenvalue weighted by atomic mass is 79.9. The minimum Gasteiger partial charge on any atom is -0.311 e. The van der Waals surface area contributed by atoms with Crippen molar-refractivity contribution in [2.24, 2.45) is 0 Å². The lowest BCUT2D eigenvalue weighted by atomic mass is 9.88. The molecule has 1 aliphatic rings. The van der Waals surface area contributed by atoms with Gasteiger partial charge in [0, 0.05) is 34.4 Å². The molecule has 0 bridgehead atoms. The molecule has 1 aliphatic carbocycles. The van der Waals surface area contributed by atoms with E-state index in [0.717, 1.165) is 23.1 Å². The molecular weight excluding hydrogens is 352 g/mol. The zero-order valence-electron chi connectivity index (χ0n) is 12.2. The number of thioether (sulfide) groups is 1. The molecule has 0 heterocycles. The largest absolute Gasteiger partial charge is 0.311 e. The molecule has 0 aromatic heterocycles. The van der Waals surface area contributed by atoms with Gasteiger partial charge in [0.1, 0.15) is 0 Å². The van der Waals surface area contributed by atoms with Crippen molar-refractivity contribution >= 4 is 33.4 Å². The predicted molar refractivity (Wildman–Crippen MR) is 91.8 cm³/mol. The monoisotopic (exact) mass is 372 g/mol. The van der Waals surface area contributed by atoms with Crippen LogP contribution < -0.4 is 5.32 Å². The highest BCUT2D eigenvalue weighted by Gasteiger charge is 2.30. The van der Waals surface area contributed by atoms with E-state index in [2.05, 4.69) is 27.5 Å². The van der Waals surface area contributed by atoms with E-state index in [1.54, 1.807) is 12.1 Å². The summed E-state index contributed by atoms with van der Waals surface area (Å²) in [7, 11) is 0. The number of nitrogens with zero attached hydrogens (tertiary/aromatic N) is 1. The Morgan fingerprint density at radius 1 is 1.38 bits per heavy atom. The average Bonchev–Trinajstić information content (AvgIpc) is 2.49. The number of hydrogen-bond acceptors (Lipinski definition) is 4. The average molecular weight is 373 g/mol. The van der Waals surface area contributed by atoms with Crippen molar-refractivity contribution in [2.75, 3.05) is 12.8 Å². The van der Waals surface area contributed by atoms with Crippen LogP contribution >= 0.6 is 27.7 Å². The molecule has 1 aromatic carbocycles. The summed E-state index contributed by atoms with van der Waals surface area (Å²) in [5, 5.41) is 14.3. The molecule has 1 fully saturated rings. The van der Waals surface area contributed by atoms with E-state index in [4.69, 9.17) is 0 Å². The number of halogens is 1. The van der Waals surface area contributed by atoms with Gasteiger partial charge >= 0.3 is 0 Å². The van der Waals surface area contributed by atoms with E-state index in [0.29, 0.717) is 4.75 Å². The van der Waals surface area contributed by atoms with Gasteiger partial charge in [-0.3, -0.25) is 10.1 Å². The quantitative estimate of drug-likeness (QED) is 0.589.